The summed E-state index contributed by atoms with van der Waals surface area (Å²) in [6.07, 6.45) is 0. The van der Waals surface area contributed by atoms with Gasteiger partial charge in [0.05, 0.1) is 10.6 Å². The number of aromatic nitrogens is 1. The standard InChI is InChI=1S/C10H15N3OS/c1-7-9(8(2)14)15-10(12-7)13-5-3-11-4-6-13/h11H,3-6H2,1-2H3. The molecule has 82 valence electrons. The third-order valence-corrected chi connectivity index (χ3v) is 3.81. The summed E-state index contributed by atoms with van der Waals surface area (Å²) in [7, 11) is 0. The number of piperazine rings is 1. The van der Waals surface area contributed by atoms with E-state index in [0.717, 1.165) is 41.9 Å². The van der Waals surface area contributed by atoms with Gasteiger partial charge >= 0.3 is 0 Å². The van der Waals surface area contributed by atoms with E-state index in [-0.39, 0.29) is 5.78 Å². The molecule has 1 N–H and O–H groups in total. The molecule has 0 bridgehead atoms. The zero-order chi connectivity index (χ0) is 10.8. The van der Waals surface area contributed by atoms with E-state index in [1.807, 2.05) is 6.92 Å². The molecule has 0 unspecified atom stereocenters. The van der Waals surface area contributed by atoms with E-state index in [2.05, 4.69) is 15.2 Å². The van der Waals surface area contributed by atoms with E-state index < -0.39 is 0 Å². The number of ketones is 1. The second-order valence-corrected chi connectivity index (χ2v) is 4.68. The molecule has 4 nitrogen and oxygen atoms in total. The molecule has 0 radical (unpaired) electrons. The number of carbonyl (C=O) groups excluding carboxylic acids is 1. The van der Waals surface area contributed by atoms with Crippen molar-refractivity contribution in [3.8, 4) is 0 Å². The Hall–Kier alpha value is -0.940. The van der Waals surface area contributed by atoms with Gasteiger partial charge in [0, 0.05) is 33.1 Å². The Morgan fingerprint density at radius 2 is 2.13 bits per heavy atom. The third kappa shape index (κ3) is 2.18. The fourth-order valence-electron chi connectivity index (χ4n) is 1.70. The SMILES string of the molecule is CC(=O)c1sc(N2CCNCC2)nc1C. The summed E-state index contributed by atoms with van der Waals surface area (Å²) in [4.78, 5) is 18.8. The molecule has 0 aliphatic carbocycles. The molecule has 2 rings (SSSR count). The van der Waals surface area contributed by atoms with Gasteiger partial charge in [-0.25, -0.2) is 4.98 Å². The maximum Gasteiger partial charge on any atom is 0.186 e. The van der Waals surface area contributed by atoms with Gasteiger partial charge in [-0.2, -0.15) is 0 Å². The van der Waals surface area contributed by atoms with Gasteiger partial charge in [-0.05, 0) is 6.92 Å². The molecule has 1 aliphatic heterocycles. The van der Waals surface area contributed by atoms with E-state index in [1.165, 1.54) is 11.3 Å². The van der Waals surface area contributed by atoms with Gasteiger partial charge in [-0.15, -0.1) is 0 Å². The molecular formula is C10H15N3OS. The van der Waals surface area contributed by atoms with Crippen LogP contribution in [-0.2, 0) is 0 Å². The molecule has 5 heteroatoms. The quantitative estimate of drug-likeness (QED) is 0.765. The van der Waals surface area contributed by atoms with Crippen molar-refractivity contribution >= 4 is 22.3 Å². The van der Waals surface area contributed by atoms with E-state index in [1.54, 1.807) is 6.92 Å². The van der Waals surface area contributed by atoms with Crippen molar-refractivity contribution in [2.45, 2.75) is 13.8 Å². The number of hydrogen-bond donors (Lipinski definition) is 1. The highest BCUT2D eigenvalue weighted by molar-refractivity contribution is 7.17. The van der Waals surface area contributed by atoms with Crippen molar-refractivity contribution in [1.82, 2.24) is 10.3 Å². The summed E-state index contributed by atoms with van der Waals surface area (Å²) in [6.45, 7) is 7.44. The Morgan fingerprint density at radius 3 is 2.67 bits per heavy atom. The van der Waals surface area contributed by atoms with Crippen molar-refractivity contribution in [3.63, 3.8) is 0 Å². The predicted octanol–water partition coefficient (Wildman–Crippen LogP) is 1.06. The highest BCUT2D eigenvalue weighted by Crippen LogP contribution is 2.26. The Labute approximate surface area is 93.3 Å². The van der Waals surface area contributed by atoms with Crippen molar-refractivity contribution in [3.05, 3.63) is 10.6 Å². The van der Waals surface area contributed by atoms with Gasteiger partial charge in [0.25, 0.3) is 0 Å². The number of aryl methyl sites for hydroxylation is 1. The van der Waals surface area contributed by atoms with Crippen LogP contribution in [0.5, 0.6) is 0 Å². The van der Waals surface area contributed by atoms with Crippen LogP contribution in [0.1, 0.15) is 22.3 Å². The maximum atomic E-state index is 11.3. The lowest BCUT2D eigenvalue weighted by Gasteiger charge is -2.26. The first kappa shape index (κ1) is 10.6. The number of thiazole rings is 1. The van der Waals surface area contributed by atoms with Crippen molar-refractivity contribution in [2.24, 2.45) is 0 Å². The van der Waals surface area contributed by atoms with E-state index in [0.29, 0.717) is 0 Å². The largest absolute Gasteiger partial charge is 0.346 e. The Balaban J connectivity index is 2.21. The van der Waals surface area contributed by atoms with E-state index >= 15 is 0 Å². The number of nitrogens with one attached hydrogen (secondary N) is 1. The summed E-state index contributed by atoms with van der Waals surface area (Å²) in [5.74, 6) is 0.117. The Morgan fingerprint density at radius 1 is 1.47 bits per heavy atom. The molecule has 0 spiro atoms. The molecule has 15 heavy (non-hydrogen) atoms. The second-order valence-electron chi connectivity index (χ2n) is 3.70. The molecule has 1 aromatic rings. The van der Waals surface area contributed by atoms with E-state index in [4.69, 9.17) is 0 Å². The number of nitrogens with zero attached hydrogens (tertiary/aromatic N) is 2. The molecule has 1 aromatic heterocycles. The Kier molecular flexibility index (Phi) is 3.02. The van der Waals surface area contributed by atoms with Crippen LogP contribution in [0.4, 0.5) is 5.13 Å². The fourth-order valence-corrected chi connectivity index (χ4v) is 2.71. The Bertz CT molecular complexity index is 369. The van der Waals surface area contributed by atoms with Crippen LogP contribution in [0.3, 0.4) is 0 Å². The van der Waals surface area contributed by atoms with Gasteiger partial charge in [-0.3, -0.25) is 4.79 Å². The van der Waals surface area contributed by atoms with Crippen LogP contribution in [-0.4, -0.2) is 36.9 Å². The van der Waals surface area contributed by atoms with Crippen LogP contribution < -0.4 is 10.2 Å². The summed E-state index contributed by atoms with van der Waals surface area (Å²) < 4.78 is 0. The maximum absolute atomic E-state index is 11.3. The number of hydrogen-bond acceptors (Lipinski definition) is 5. The highest BCUT2D eigenvalue weighted by Gasteiger charge is 2.17. The van der Waals surface area contributed by atoms with Crippen molar-refractivity contribution in [2.75, 3.05) is 31.1 Å². The molecule has 0 saturated carbocycles. The van der Waals surface area contributed by atoms with E-state index in [9.17, 15) is 4.79 Å². The molecule has 1 fully saturated rings. The number of rotatable bonds is 2. The number of carbonyl (C=O) groups is 1. The minimum Gasteiger partial charge on any atom is -0.346 e. The molecule has 0 atom stereocenters. The van der Waals surface area contributed by atoms with Gasteiger partial charge < -0.3 is 10.2 Å². The van der Waals surface area contributed by atoms with Crippen LogP contribution >= 0.6 is 11.3 Å². The zero-order valence-corrected chi connectivity index (χ0v) is 9.86. The van der Waals surface area contributed by atoms with Crippen molar-refractivity contribution < 1.29 is 4.79 Å². The summed E-state index contributed by atoms with van der Waals surface area (Å²) in [5.41, 5.74) is 0.862. The van der Waals surface area contributed by atoms with Gasteiger partial charge in [-0.1, -0.05) is 11.3 Å². The number of anilines is 1. The minimum absolute atomic E-state index is 0.117. The molecule has 1 aliphatic rings. The lowest BCUT2D eigenvalue weighted by Crippen LogP contribution is -2.43. The molecular weight excluding hydrogens is 210 g/mol. The lowest BCUT2D eigenvalue weighted by atomic mass is 10.3. The van der Waals surface area contributed by atoms with Crippen LogP contribution in [0.25, 0.3) is 0 Å². The monoisotopic (exact) mass is 225 g/mol. The first-order valence-electron chi connectivity index (χ1n) is 5.12. The predicted molar refractivity (Wildman–Crippen MR) is 61.9 cm³/mol. The molecule has 1 saturated heterocycles. The van der Waals surface area contributed by atoms with Crippen LogP contribution in [0.15, 0.2) is 0 Å². The second kappa shape index (κ2) is 4.28. The normalized spacial score (nSPS) is 16.8. The summed E-state index contributed by atoms with van der Waals surface area (Å²) in [6, 6.07) is 0. The average molecular weight is 225 g/mol. The van der Waals surface area contributed by atoms with Crippen LogP contribution in [0, 0.1) is 6.92 Å². The first-order chi connectivity index (χ1) is 7.18. The zero-order valence-electron chi connectivity index (χ0n) is 9.04. The highest BCUT2D eigenvalue weighted by atomic mass is 32.1. The third-order valence-electron chi connectivity index (χ3n) is 2.49. The minimum atomic E-state index is 0.117. The molecule has 2 heterocycles. The summed E-state index contributed by atoms with van der Waals surface area (Å²) in [5, 5.41) is 4.28. The lowest BCUT2D eigenvalue weighted by molar-refractivity contribution is 0.102. The van der Waals surface area contributed by atoms with Gasteiger partial charge in [0.2, 0.25) is 0 Å². The van der Waals surface area contributed by atoms with Crippen LogP contribution in [0.2, 0.25) is 0 Å². The fraction of sp³-hybridized carbons (Fsp3) is 0.600. The van der Waals surface area contributed by atoms with Crippen molar-refractivity contribution in [1.29, 1.82) is 0 Å². The van der Waals surface area contributed by atoms with Gasteiger partial charge in [0.15, 0.2) is 10.9 Å². The first-order valence-corrected chi connectivity index (χ1v) is 5.94. The summed E-state index contributed by atoms with van der Waals surface area (Å²) >= 11 is 1.51. The van der Waals surface area contributed by atoms with Gasteiger partial charge in [0.1, 0.15) is 0 Å². The average Bonchev–Trinajstić information content (AvgIpc) is 2.62. The molecule has 0 amide bonds. The number of Topliss-reactive ketones (excluding diaryl/α,β-unsaturated/α-hetero) is 1. The molecule has 0 aromatic carbocycles. The smallest absolute Gasteiger partial charge is 0.186 e. The topological polar surface area (TPSA) is 45.2 Å².